The molecule has 0 radical (unpaired) electrons. The first-order valence-corrected chi connectivity index (χ1v) is 8.35. The van der Waals surface area contributed by atoms with E-state index in [1.165, 1.54) is 5.56 Å². The maximum absolute atomic E-state index is 10.5. The quantitative estimate of drug-likeness (QED) is 0.714. The molecular formula is C19H22N4O2. The average molecular weight is 338 g/mol. The van der Waals surface area contributed by atoms with Gasteiger partial charge in [0.2, 0.25) is 11.7 Å². The van der Waals surface area contributed by atoms with Crippen LogP contribution in [0.5, 0.6) is 0 Å². The van der Waals surface area contributed by atoms with Crippen molar-refractivity contribution in [2.45, 2.75) is 26.5 Å². The lowest BCUT2D eigenvalue weighted by Gasteiger charge is -2.22. The number of nitrogens with zero attached hydrogens (tertiary/aromatic N) is 4. The van der Waals surface area contributed by atoms with Gasteiger partial charge in [-0.05, 0) is 31.2 Å². The molecule has 25 heavy (non-hydrogen) atoms. The number of benzene rings is 1. The topological polar surface area (TPSA) is 75.3 Å². The third-order valence-electron chi connectivity index (χ3n) is 4.09. The molecule has 1 N–H and O–H groups in total. The number of hydrogen-bond donors (Lipinski definition) is 1. The highest BCUT2D eigenvalue weighted by Gasteiger charge is 2.16. The van der Waals surface area contributed by atoms with Gasteiger partial charge in [-0.15, -0.1) is 0 Å². The molecule has 0 spiro atoms. The van der Waals surface area contributed by atoms with Crippen LogP contribution in [-0.2, 0) is 6.54 Å². The highest BCUT2D eigenvalue weighted by molar-refractivity contribution is 5.51. The van der Waals surface area contributed by atoms with Crippen molar-refractivity contribution in [2.24, 2.45) is 0 Å². The van der Waals surface area contributed by atoms with Gasteiger partial charge in [-0.1, -0.05) is 41.9 Å². The van der Waals surface area contributed by atoms with Gasteiger partial charge in [-0.3, -0.25) is 9.88 Å². The number of aryl methyl sites for hydroxylation is 1. The van der Waals surface area contributed by atoms with Gasteiger partial charge >= 0.3 is 0 Å². The van der Waals surface area contributed by atoms with Crippen molar-refractivity contribution in [2.75, 3.05) is 13.1 Å². The molecule has 130 valence electrons. The molecule has 2 heterocycles. The number of aliphatic hydroxyl groups is 1. The molecule has 1 aromatic carbocycles. The molecule has 3 rings (SSSR count). The smallest absolute Gasteiger partial charge is 0.241 e. The Balaban J connectivity index is 1.64. The number of pyridine rings is 1. The molecule has 0 aliphatic rings. The van der Waals surface area contributed by atoms with Gasteiger partial charge < -0.3 is 9.63 Å². The largest absolute Gasteiger partial charge is 0.387 e. The summed E-state index contributed by atoms with van der Waals surface area (Å²) in [7, 11) is 0. The van der Waals surface area contributed by atoms with Gasteiger partial charge in [0.1, 0.15) is 0 Å². The summed E-state index contributed by atoms with van der Waals surface area (Å²) in [6.07, 6.45) is 2.85. The molecular weight excluding hydrogens is 316 g/mol. The van der Waals surface area contributed by atoms with Crippen molar-refractivity contribution in [1.82, 2.24) is 20.0 Å². The highest BCUT2D eigenvalue weighted by atomic mass is 16.5. The molecule has 3 aromatic rings. The fourth-order valence-electron chi connectivity index (χ4n) is 2.57. The normalized spacial score (nSPS) is 12.5. The van der Waals surface area contributed by atoms with E-state index in [-0.39, 0.29) is 0 Å². The van der Waals surface area contributed by atoms with Crippen molar-refractivity contribution >= 4 is 0 Å². The maximum Gasteiger partial charge on any atom is 0.241 e. The molecule has 2 aromatic heterocycles. The summed E-state index contributed by atoms with van der Waals surface area (Å²) in [5.41, 5.74) is 2.91. The van der Waals surface area contributed by atoms with E-state index in [9.17, 15) is 5.11 Å². The second-order valence-electron chi connectivity index (χ2n) is 6.01. The Morgan fingerprint density at radius 3 is 2.68 bits per heavy atom. The van der Waals surface area contributed by atoms with Crippen LogP contribution in [0.25, 0.3) is 11.4 Å². The molecule has 0 aliphatic heterocycles. The monoisotopic (exact) mass is 338 g/mol. The van der Waals surface area contributed by atoms with Crippen LogP contribution in [0.4, 0.5) is 0 Å². The van der Waals surface area contributed by atoms with Crippen molar-refractivity contribution < 1.29 is 9.63 Å². The maximum atomic E-state index is 10.5. The van der Waals surface area contributed by atoms with Gasteiger partial charge in [-0.2, -0.15) is 4.98 Å². The van der Waals surface area contributed by atoms with Crippen LogP contribution in [0.2, 0.25) is 0 Å². The molecule has 1 unspecified atom stereocenters. The molecule has 6 nitrogen and oxygen atoms in total. The third-order valence-corrected chi connectivity index (χ3v) is 4.09. The number of rotatable bonds is 7. The zero-order chi connectivity index (χ0) is 17.6. The van der Waals surface area contributed by atoms with Crippen LogP contribution in [0.1, 0.15) is 30.0 Å². The molecule has 0 saturated heterocycles. The zero-order valence-corrected chi connectivity index (χ0v) is 14.5. The lowest BCUT2D eigenvalue weighted by molar-refractivity contribution is 0.105. The Hall–Kier alpha value is -2.57. The number of aliphatic hydroxyl groups excluding tert-OH is 1. The lowest BCUT2D eigenvalue weighted by Crippen LogP contribution is -2.28. The van der Waals surface area contributed by atoms with E-state index >= 15 is 0 Å². The Morgan fingerprint density at radius 1 is 1.20 bits per heavy atom. The summed E-state index contributed by atoms with van der Waals surface area (Å²) < 4.78 is 5.34. The summed E-state index contributed by atoms with van der Waals surface area (Å²) in [6, 6.07) is 11.7. The average Bonchev–Trinajstić information content (AvgIpc) is 3.11. The first-order valence-electron chi connectivity index (χ1n) is 8.35. The van der Waals surface area contributed by atoms with E-state index in [0.29, 0.717) is 24.8 Å². The predicted octanol–water partition coefficient (Wildman–Crippen LogP) is 3.00. The third kappa shape index (κ3) is 4.49. The van der Waals surface area contributed by atoms with Crippen molar-refractivity contribution in [3.05, 3.63) is 65.8 Å². The standard InChI is InChI=1S/C19H22N4O2/c1-3-23(12-17(24)15-8-6-14(2)7-9-15)13-18-21-19(22-25-18)16-5-4-10-20-11-16/h4-11,17,24H,3,12-13H2,1-2H3. The van der Waals surface area contributed by atoms with Gasteiger partial charge in [0, 0.05) is 24.5 Å². The summed E-state index contributed by atoms with van der Waals surface area (Å²) in [6.45, 7) is 5.84. The molecule has 0 saturated carbocycles. The lowest BCUT2D eigenvalue weighted by atomic mass is 10.1. The second kappa shape index (κ2) is 8.00. The van der Waals surface area contributed by atoms with E-state index in [1.807, 2.05) is 50.2 Å². The first-order chi connectivity index (χ1) is 12.2. The van der Waals surface area contributed by atoms with Crippen LogP contribution in [0.3, 0.4) is 0 Å². The molecule has 1 atom stereocenters. The minimum Gasteiger partial charge on any atom is -0.387 e. The minimum absolute atomic E-state index is 0.493. The van der Waals surface area contributed by atoms with Crippen LogP contribution in [-0.4, -0.2) is 38.2 Å². The summed E-state index contributed by atoms with van der Waals surface area (Å²) in [5, 5.41) is 14.5. The molecule has 0 fully saturated rings. The fourth-order valence-corrected chi connectivity index (χ4v) is 2.57. The van der Waals surface area contributed by atoms with Crippen LogP contribution >= 0.6 is 0 Å². The molecule has 6 heteroatoms. The minimum atomic E-state index is -0.554. The van der Waals surface area contributed by atoms with Crippen molar-refractivity contribution in [1.29, 1.82) is 0 Å². The second-order valence-corrected chi connectivity index (χ2v) is 6.01. The molecule has 0 aliphatic carbocycles. The molecule has 0 amide bonds. The Kier molecular flexibility index (Phi) is 5.53. The predicted molar refractivity (Wildman–Crippen MR) is 94.6 cm³/mol. The number of likely N-dealkylation sites (N-methyl/N-ethyl adjacent to an activating group) is 1. The molecule has 0 bridgehead atoms. The van der Waals surface area contributed by atoms with Gasteiger partial charge in [0.25, 0.3) is 0 Å². The van der Waals surface area contributed by atoms with E-state index in [4.69, 9.17) is 4.52 Å². The van der Waals surface area contributed by atoms with Crippen LogP contribution < -0.4 is 0 Å². The summed E-state index contributed by atoms with van der Waals surface area (Å²) >= 11 is 0. The van der Waals surface area contributed by atoms with E-state index < -0.39 is 6.10 Å². The number of aromatic nitrogens is 3. The summed E-state index contributed by atoms with van der Waals surface area (Å²) in [4.78, 5) is 10.6. The Bertz CT molecular complexity index is 787. The number of hydrogen-bond acceptors (Lipinski definition) is 6. The van der Waals surface area contributed by atoms with Gasteiger partial charge in [0.15, 0.2) is 0 Å². The Morgan fingerprint density at radius 2 is 2.00 bits per heavy atom. The SMILES string of the molecule is CCN(Cc1nc(-c2cccnc2)no1)CC(O)c1ccc(C)cc1. The van der Waals surface area contributed by atoms with Crippen molar-refractivity contribution in [3.8, 4) is 11.4 Å². The van der Waals surface area contributed by atoms with E-state index in [0.717, 1.165) is 17.7 Å². The summed E-state index contributed by atoms with van der Waals surface area (Å²) in [5.74, 6) is 1.05. The van der Waals surface area contributed by atoms with Gasteiger partial charge in [-0.25, -0.2) is 0 Å². The van der Waals surface area contributed by atoms with Crippen molar-refractivity contribution in [3.63, 3.8) is 0 Å². The van der Waals surface area contributed by atoms with E-state index in [2.05, 4.69) is 20.0 Å². The highest BCUT2D eigenvalue weighted by Crippen LogP contribution is 2.18. The van der Waals surface area contributed by atoms with Crippen LogP contribution in [0, 0.1) is 6.92 Å². The van der Waals surface area contributed by atoms with Crippen LogP contribution in [0.15, 0.2) is 53.3 Å². The first kappa shape index (κ1) is 17.3. The Labute approximate surface area is 147 Å². The fraction of sp³-hybridized carbons (Fsp3) is 0.316. The van der Waals surface area contributed by atoms with Gasteiger partial charge in [0.05, 0.1) is 12.6 Å². The van der Waals surface area contributed by atoms with E-state index in [1.54, 1.807) is 12.4 Å². The zero-order valence-electron chi connectivity index (χ0n) is 14.5.